The molecule has 0 N–H and O–H groups in total. The van der Waals surface area contributed by atoms with E-state index < -0.39 is 0 Å². The number of benzene rings is 1. The number of hydrogen-bond donors (Lipinski definition) is 0. The highest BCUT2D eigenvalue weighted by Crippen LogP contribution is 2.23. The summed E-state index contributed by atoms with van der Waals surface area (Å²) in [5, 5.41) is 0. The average molecular weight is 359 g/mol. The van der Waals surface area contributed by atoms with E-state index in [0.717, 1.165) is 23.7 Å². The van der Waals surface area contributed by atoms with Gasteiger partial charge in [0.25, 0.3) is 0 Å². The minimum absolute atomic E-state index is 0.864. The molecular weight excluding hydrogens is 312 g/mol. The fraction of sp³-hybridized carbons (Fsp3) is 0.769. The zero-order valence-electron chi connectivity index (χ0n) is 18.5. The van der Waals surface area contributed by atoms with Gasteiger partial charge < -0.3 is 0 Å². The van der Waals surface area contributed by atoms with Gasteiger partial charge in [-0.25, -0.2) is 0 Å². The molecule has 26 heavy (non-hydrogen) atoms. The Morgan fingerprint density at radius 1 is 0.538 bits per heavy atom. The van der Waals surface area contributed by atoms with E-state index in [4.69, 9.17) is 0 Å². The molecule has 0 saturated carbocycles. The molecule has 3 atom stereocenters. The normalized spacial score (nSPS) is 15.2. The van der Waals surface area contributed by atoms with Crippen LogP contribution in [0.15, 0.2) is 30.3 Å². The molecule has 0 aliphatic rings. The van der Waals surface area contributed by atoms with Gasteiger partial charge in [-0.05, 0) is 42.1 Å². The molecule has 1 rings (SSSR count). The van der Waals surface area contributed by atoms with Crippen LogP contribution in [0.5, 0.6) is 0 Å². The first-order valence-corrected chi connectivity index (χ1v) is 11.5. The van der Waals surface area contributed by atoms with Crippen molar-refractivity contribution >= 4 is 0 Å². The van der Waals surface area contributed by atoms with Crippen molar-refractivity contribution in [3.8, 4) is 0 Å². The Morgan fingerprint density at radius 2 is 0.962 bits per heavy atom. The Bertz CT molecular complexity index is 419. The molecule has 0 aliphatic heterocycles. The van der Waals surface area contributed by atoms with E-state index in [9.17, 15) is 0 Å². The molecule has 1 aromatic carbocycles. The van der Waals surface area contributed by atoms with Crippen LogP contribution in [0.4, 0.5) is 0 Å². The Morgan fingerprint density at radius 3 is 1.42 bits per heavy atom. The van der Waals surface area contributed by atoms with Gasteiger partial charge in [0.15, 0.2) is 0 Å². The van der Waals surface area contributed by atoms with Crippen LogP contribution in [0.25, 0.3) is 0 Å². The van der Waals surface area contributed by atoms with Crippen molar-refractivity contribution in [3.63, 3.8) is 0 Å². The van der Waals surface area contributed by atoms with E-state index in [1.54, 1.807) is 0 Å². The van der Waals surface area contributed by atoms with Crippen LogP contribution < -0.4 is 0 Å². The average Bonchev–Trinajstić information content (AvgIpc) is 2.60. The van der Waals surface area contributed by atoms with Crippen LogP contribution in [0.1, 0.15) is 104 Å². The van der Waals surface area contributed by atoms with Gasteiger partial charge in [-0.15, -0.1) is 0 Å². The summed E-state index contributed by atoms with van der Waals surface area (Å²) in [6.45, 7) is 12.0. The Labute approximate surface area is 165 Å². The maximum Gasteiger partial charge on any atom is -0.0276 e. The molecule has 0 aliphatic carbocycles. The van der Waals surface area contributed by atoms with Crippen LogP contribution in [-0.4, -0.2) is 0 Å². The summed E-state index contributed by atoms with van der Waals surface area (Å²) in [7, 11) is 0. The minimum Gasteiger partial charge on any atom is -0.0628 e. The molecule has 150 valence electrons. The number of aryl methyl sites for hydroxylation is 1. The summed E-state index contributed by atoms with van der Waals surface area (Å²) in [5.74, 6) is 3.58. The van der Waals surface area contributed by atoms with Crippen molar-refractivity contribution in [3.05, 3.63) is 35.9 Å². The quantitative estimate of drug-likeness (QED) is 0.294. The zero-order chi connectivity index (χ0) is 19.2. The van der Waals surface area contributed by atoms with Crippen molar-refractivity contribution < 1.29 is 0 Å². The standard InChI is InChI=1S/C26H46/c1-22(2)12-9-13-23(3)14-10-15-24(4)16-11-17-25(5)20-21-26-18-7-6-8-19-26/h6-8,18-19,22-25H,9-17,20-21H2,1-5H3. The molecule has 0 radical (unpaired) electrons. The van der Waals surface area contributed by atoms with Crippen LogP contribution in [0, 0.1) is 23.7 Å². The molecule has 0 heteroatoms. The summed E-state index contributed by atoms with van der Waals surface area (Å²) in [5.41, 5.74) is 1.50. The highest BCUT2D eigenvalue weighted by molar-refractivity contribution is 5.14. The second-order valence-corrected chi connectivity index (χ2v) is 9.53. The van der Waals surface area contributed by atoms with E-state index in [1.807, 2.05) is 0 Å². The van der Waals surface area contributed by atoms with Gasteiger partial charge in [0, 0.05) is 0 Å². The molecule has 0 fully saturated rings. The lowest BCUT2D eigenvalue weighted by molar-refractivity contribution is 0.374. The summed E-state index contributed by atoms with van der Waals surface area (Å²) in [4.78, 5) is 0. The predicted octanol–water partition coefficient (Wildman–Crippen LogP) is 8.69. The Hall–Kier alpha value is -0.780. The molecule has 0 bridgehead atoms. The van der Waals surface area contributed by atoms with Gasteiger partial charge in [0.2, 0.25) is 0 Å². The molecular formula is C26H46. The van der Waals surface area contributed by atoms with Crippen molar-refractivity contribution in [2.75, 3.05) is 0 Å². The highest BCUT2D eigenvalue weighted by atomic mass is 14.1. The fourth-order valence-electron chi connectivity index (χ4n) is 3.99. The van der Waals surface area contributed by atoms with E-state index in [2.05, 4.69) is 65.0 Å². The SMILES string of the molecule is CC(C)CCCC(C)CCCC(C)CCCC(C)CCc1ccccc1. The first-order chi connectivity index (χ1) is 12.5. The second-order valence-electron chi connectivity index (χ2n) is 9.53. The number of hydrogen-bond acceptors (Lipinski definition) is 0. The van der Waals surface area contributed by atoms with Crippen molar-refractivity contribution in [2.24, 2.45) is 23.7 Å². The summed E-state index contributed by atoms with van der Waals surface area (Å²) in [6.07, 6.45) is 15.4. The topological polar surface area (TPSA) is 0 Å². The smallest absolute Gasteiger partial charge is 0.0276 e. The van der Waals surface area contributed by atoms with Gasteiger partial charge in [-0.2, -0.15) is 0 Å². The monoisotopic (exact) mass is 358 g/mol. The van der Waals surface area contributed by atoms with Crippen LogP contribution >= 0.6 is 0 Å². The van der Waals surface area contributed by atoms with Crippen LogP contribution in [0.3, 0.4) is 0 Å². The van der Waals surface area contributed by atoms with Crippen molar-refractivity contribution in [1.82, 2.24) is 0 Å². The van der Waals surface area contributed by atoms with Gasteiger partial charge in [0.05, 0.1) is 0 Å². The maximum atomic E-state index is 2.47. The van der Waals surface area contributed by atoms with E-state index in [0.29, 0.717) is 0 Å². The summed E-state index contributed by atoms with van der Waals surface area (Å²) in [6, 6.07) is 11.0. The molecule has 3 unspecified atom stereocenters. The Balaban J connectivity index is 1.99. The molecule has 0 aromatic heterocycles. The molecule has 1 aromatic rings. The molecule has 0 nitrogen and oxygen atoms in total. The van der Waals surface area contributed by atoms with Crippen LogP contribution in [-0.2, 0) is 6.42 Å². The lowest BCUT2D eigenvalue weighted by atomic mass is 9.90. The third-order valence-corrected chi connectivity index (χ3v) is 6.03. The third-order valence-electron chi connectivity index (χ3n) is 6.03. The molecule has 0 saturated heterocycles. The van der Waals surface area contributed by atoms with Gasteiger partial charge >= 0.3 is 0 Å². The van der Waals surface area contributed by atoms with E-state index >= 15 is 0 Å². The van der Waals surface area contributed by atoms with Crippen molar-refractivity contribution in [2.45, 2.75) is 105 Å². The van der Waals surface area contributed by atoms with Gasteiger partial charge in [-0.3, -0.25) is 0 Å². The molecule has 0 amide bonds. The first kappa shape index (κ1) is 23.3. The zero-order valence-corrected chi connectivity index (χ0v) is 18.5. The molecule has 0 spiro atoms. The highest BCUT2D eigenvalue weighted by Gasteiger charge is 2.08. The van der Waals surface area contributed by atoms with E-state index in [1.165, 1.54) is 76.2 Å². The first-order valence-electron chi connectivity index (χ1n) is 11.5. The summed E-state index contributed by atoms with van der Waals surface area (Å²) >= 11 is 0. The lowest BCUT2D eigenvalue weighted by Gasteiger charge is -2.16. The van der Waals surface area contributed by atoms with E-state index in [-0.39, 0.29) is 0 Å². The second kappa shape index (κ2) is 14.3. The van der Waals surface area contributed by atoms with Gasteiger partial charge in [-0.1, -0.05) is 123 Å². The van der Waals surface area contributed by atoms with Gasteiger partial charge in [0.1, 0.15) is 0 Å². The Kier molecular flexibility index (Phi) is 12.8. The third kappa shape index (κ3) is 12.6. The minimum atomic E-state index is 0.864. The summed E-state index contributed by atoms with van der Waals surface area (Å²) < 4.78 is 0. The van der Waals surface area contributed by atoms with Crippen molar-refractivity contribution in [1.29, 1.82) is 0 Å². The lowest BCUT2D eigenvalue weighted by Crippen LogP contribution is -2.02. The maximum absolute atomic E-state index is 2.47. The van der Waals surface area contributed by atoms with Crippen LogP contribution in [0.2, 0.25) is 0 Å². The molecule has 0 heterocycles. The number of rotatable bonds is 15. The largest absolute Gasteiger partial charge is 0.0628 e. The predicted molar refractivity (Wildman–Crippen MR) is 119 cm³/mol. The fourth-order valence-corrected chi connectivity index (χ4v) is 3.99.